The number of rotatable bonds is 7. The van der Waals surface area contributed by atoms with Gasteiger partial charge in [-0.3, -0.25) is 4.90 Å². The average molecular weight is 331 g/mol. The molecule has 0 atom stereocenters. The lowest BCUT2D eigenvalue weighted by Gasteiger charge is -2.34. The van der Waals surface area contributed by atoms with Gasteiger partial charge >= 0.3 is 6.18 Å². The van der Waals surface area contributed by atoms with Gasteiger partial charge in [0, 0.05) is 32.2 Å². The van der Waals surface area contributed by atoms with Crippen LogP contribution >= 0.6 is 0 Å². The molecule has 0 unspecified atom stereocenters. The lowest BCUT2D eigenvalue weighted by atomic mass is 10.3. The summed E-state index contributed by atoms with van der Waals surface area (Å²) in [5.41, 5.74) is 0. The molecule has 1 heterocycles. The predicted molar refractivity (Wildman–Crippen MR) is 75.6 cm³/mol. The fraction of sp³-hybridized carbons (Fsp3) is 1.00. The third-order valence-electron chi connectivity index (χ3n) is 3.26. The van der Waals surface area contributed by atoms with E-state index in [2.05, 4.69) is 5.32 Å². The number of nitrogens with zero attached hydrogens (tertiary/aromatic N) is 2. The molecule has 1 fully saturated rings. The van der Waals surface area contributed by atoms with Crippen molar-refractivity contribution in [1.29, 1.82) is 0 Å². The highest BCUT2D eigenvalue weighted by Crippen LogP contribution is 2.18. The summed E-state index contributed by atoms with van der Waals surface area (Å²) >= 11 is 0. The molecule has 1 saturated heterocycles. The van der Waals surface area contributed by atoms with E-state index in [9.17, 15) is 21.6 Å². The molecule has 5 nitrogen and oxygen atoms in total. The second kappa shape index (κ2) is 7.75. The van der Waals surface area contributed by atoms with E-state index >= 15 is 0 Å². The van der Waals surface area contributed by atoms with Crippen LogP contribution in [-0.2, 0) is 10.0 Å². The Morgan fingerprint density at radius 1 is 1.14 bits per heavy atom. The molecule has 21 heavy (non-hydrogen) atoms. The normalized spacial score (nSPS) is 19.3. The van der Waals surface area contributed by atoms with Crippen LogP contribution in [0.5, 0.6) is 0 Å². The minimum absolute atomic E-state index is 0.0337. The maximum absolute atomic E-state index is 12.3. The van der Waals surface area contributed by atoms with Crippen molar-refractivity contribution in [2.24, 2.45) is 0 Å². The van der Waals surface area contributed by atoms with E-state index in [0.717, 1.165) is 0 Å². The molecule has 0 radical (unpaired) electrons. The van der Waals surface area contributed by atoms with Crippen LogP contribution in [0.2, 0.25) is 0 Å². The van der Waals surface area contributed by atoms with Crippen LogP contribution in [0.15, 0.2) is 0 Å². The molecule has 0 aromatic heterocycles. The fourth-order valence-corrected chi connectivity index (χ4v) is 3.68. The van der Waals surface area contributed by atoms with E-state index < -0.39 is 22.7 Å². The monoisotopic (exact) mass is 331 g/mol. The Labute approximate surface area is 124 Å². The van der Waals surface area contributed by atoms with Gasteiger partial charge in [0.1, 0.15) is 0 Å². The molecular formula is C12H24F3N3O2S. The Morgan fingerprint density at radius 2 is 1.71 bits per heavy atom. The average Bonchev–Trinajstić information content (AvgIpc) is 2.33. The third-order valence-corrected chi connectivity index (χ3v) is 5.22. The Kier molecular flexibility index (Phi) is 6.89. The van der Waals surface area contributed by atoms with Crippen LogP contribution in [0.3, 0.4) is 0 Å². The van der Waals surface area contributed by atoms with Crippen molar-refractivity contribution in [2.45, 2.75) is 32.5 Å². The Balaban J connectivity index is 2.35. The van der Waals surface area contributed by atoms with Gasteiger partial charge in [-0.15, -0.1) is 0 Å². The van der Waals surface area contributed by atoms with E-state index in [1.807, 2.05) is 13.8 Å². The summed E-state index contributed by atoms with van der Waals surface area (Å²) in [6, 6.07) is 0.304. The van der Waals surface area contributed by atoms with Crippen LogP contribution in [0, 0.1) is 0 Å². The van der Waals surface area contributed by atoms with Gasteiger partial charge in [0.2, 0.25) is 10.0 Å². The van der Waals surface area contributed by atoms with Crippen LogP contribution in [0.4, 0.5) is 13.2 Å². The molecule has 0 amide bonds. The zero-order chi connectivity index (χ0) is 16.1. The van der Waals surface area contributed by atoms with Gasteiger partial charge in [-0.25, -0.2) is 8.42 Å². The maximum atomic E-state index is 12.3. The van der Waals surface area contributed by atoms with Crippen LogP contribution in [0.1, 0.15) is 20.3 Å². The lowest BCUT2D eigenvalue weighted by Crippen LogP contribution is -2.51. The van der Waals surface area contributed by atoms with Crippen molar-refractivity contribution >= 4 is 10.0 Å². The van der Waals surface area contributed by atoms with Gasteiger partial charge in [-0.1, -0.05) is 13.8 Å². The molecule has 0 bridgehead atoms. The van der Waals surface area contributed by atoms with Gasteiger partial charge < -0.3 is 5.32 Å². The van der Waals surface area contributed by atoms with Gasteiger partial charge in [0.25, 0.3) is 0 Å². The molecule has 1 N–H and O–H groups in total. The van der Waals surface area contributed by atoms with E-state index in [4.69, 9.17) is 0 Å². The summed E-state index contributed by atoms with van der Waals surface area (Å²) < 4.78 is 62.2. The highest BCUT2D eigenvalue weighted by Gasteiger charge is 2.34. The highest BCUT2D eigenvalue weighted by atomic mass is 32.2. The summed E-state index contributed by atoms with van der Waals surface area (Å²) in [5, 5.41) is 3.14. The van der Waals surface area contributed by atoms with Gasteiger partial charge in [0.05, 0.1) is 12.3 Å². The van der Waals surface area contributed by atoms with Gasteiger partial charge in [-0.05, 0) is 13.0 Å². The van der Waals surface area contributed by atoms with Crippen molar-refractivity contribution in [3.05, 3.63) is 0 Å². The van der Waals surface area contributed by atoms with Crippen molar-refractivity contribution in [3.8, 4) is 0 Å². The number of alkyl halides is 3. The van der Waals surface area contributed by atoms with Crippen LogP contribution in [-0.4, -0.2) is 74.9 Å². The Hall–Kier alpha value is -0.380. The molecule has 1 aliphatic rings. The summed E-state index contributed by atoms with van der Waals surface area (Å²) in [6.45, 7) is 4.13. The molecule has 1 aliphatic heterocycles. The SMILES string of the molecule is CC(C)NCCCS(=O)(=O)N1CCN(CC(F)(F)F)CC1. The number of halogens is 3. The molecule has 0 saturated carbocycles. The first-order valence-electron chi connectivity index (χ1n) is 7.10. The fourth-order valence-electron chi connectivity index (χ4n) is 2.19. The number of sulfonamides is 1. The van der Waals surface area contributed by atoms with Crippen molar-refractivity contribution < 1.29 is 21.6 Å². The lowest BCUT2D eigenvalue weighted by molar-refractivity contribution is -0.148. The number of piperazine rings is 1. The molecular weight excluding hydrogens is 307 g/mol. The molecule has 9 heteroatoms. The number of nitrogens with one attached hydrogen (secondary N) is 1. The maximum Gasteiger partial charge on any atom is 0.401 e. The molecule has 126 valence electrons. The Bertz CT molecular complexity index is 404. The third kappa shape index (κ3) is 7.44. The molecule has 0 aromatic carbocycles. The zero-order valence-corrected chi connectivity index (χ0v) is 13.3. The topological polar surface area (TPSA) is 52.7 Å². The summed E-state index contributed by atoms with van der Waals surface area (Å²) in [5.74, 6) is 0.0337. The summed E-state index contributed by atoms with van der Waals surface area (Å²) in [4.78, 5) is 1.24. The van der Waals surface area contributed by atoms with Gasteiger partial charge in [0.15, 0.2) is 0 Å². The van der Waals surface area contributed by atoms with Crippen LogP contribution in [0.25, 0.3) is 0 Å². The Morgan fingerprint density at radius 3 is 2.19 bits per heavy atom. The quantitative estimate of drug-likeness (QED) is 0.704. The highest BCUT2D eigenvalue weighted by molar-refractivity contribution is 7.89. The zero-order valence-electron chi connectivity index (χ0n) is 12.5. The first-order valence-corrected chi connectivity index (χ1v) is 8.71. The van der Waals surface area contributed by atoms with E-state index in [1.165, 1.54) is 9.21 Å². The minimum Gasteiger partial charge on any atom is -0.314 e. The number of hydrogen-bond acceptors (Lipinski definition) is 4. The first-order chi connectivity index (χ1) is 9.60. The summed E-state index contributed by atoms with van der Waals surface area (Å²) in [7, 11) is -3.36. The molecule has 0 aliphatic carbocycles. The minimum atomic E-state index is -4.23. The van der Waals surface area contributed by atoms with Crippen molar-refractivity contribution in [2.75, 3.05) is 45.0 Å². The molecule has 0 spiro atoms. The smallest absolute Gasteiger partial charge is 0.314 e. The van der Waals surface area contributed by atoms with Gasteiger partial charge in [-0.2, -0.15) is 17.5 Å². The standard InChI is InChI=1S/C12H24F3N3O2S/c1-11(2)16-4-3-9-21(19,20)18-7-5-17(6-8-18)10-12(13,14)15/h11,16H,3-10H2,1-2H3. The second-order valence-corrected chi connectivity index (χ2v) is 7.66. The van der Waals surface area contributed by atoms with Crippen molar-refractivity contribution in [3.63, 3.8) is 0 Å². The summed E-state index contributed by atoms with van der Waals surface area (Å²) in [6.07, 6.45) is -3.73. The van der Waals surface area contributed by atoms with E-state index in [-0.39, 0.29) is 31.9 Å². The first kappa shape index (κ1) is 18.7. The predicted octanol–water partition coefficient (Wildman–Crippen LogP) is 0.884. The largest absolute Gasteiger partial charge is 0.401 e. The second-order valence-electron chi connectivity index (χ2n) is 5.57. The van der Waals surface area contributed by atoms with E-state index in [1.54, 1.807) is 0 Å². The number of hydrogen-bond donors (Lipinski definition) is 1. The van der Waals surface area contributed by atoms with E-state index in [0.29, 0.717) is 19.0 Å². The van der Waals surface area contributed by atoms with Crippen LogP contribution < -0.4 is 5.32 Å². The van der Waals surface area contributed by atoms with Crippen molar-refractivity contribution in [1.82, 2.24) is 14.5 Å². The molecule has 1 rings (SSSR count). The molecule has 0 aromatic rings.